The normalized spacial score (nSPS) is 9.68. The van der Waals surface area contributed by atoms with Crippen LogP contribution in [-0.2, 0) is 4.79 Å². The van der Waals surface area contributed by atoms with Gasteiger partial charge < -0.3 is 20.3 Å². The molecule has 1 amide bonds. The number of rotatable bonds is 4. The van der Waals surface area contributed by atoms with Crippen molar-refractivity contribution in [3.05, 3.63) is 48.0 Å². The van der Waals surface area contributed by atoms with Crippen LogP contribution in [0.25, 0.3) is 11.1 Å². The first-order valence-electron chi connectivity index (χ1n) is 5.88. The van der Waals surface area contributed by atoms with Crippen LogP contribution in [0.3, 0.4) is 0 Å². The van der Waals surface area contributed by atoms with Crippen molar-refractivity contribution in [2.45, 2.75) is 0 Å². The predicted octanol–water partition coefficient (Wildman–Crippen LogP) is -0.940. The Morgan fingerprint density at radius 1 is 1.23 bits per heavy atom. The van der Waals surface area contributed by atoms with E-state index in [2.05, 4.69) is 4.98 Å². The first-order valence-corrected chi connectivity index (χ1v) is 5.88. The molecule has 0 saturated heterocycles. The fourth-order valence-electron chi connectivity index (χ4n) is 1.68. The maximum Gasteiger partial charge on any atom is 2.00 e. The molecule has 0 bridgehead atoms. The van der Waals surface area contributed by atoms with Crippen molar-refractivity contribution in [2.75, 3.05) is 6.54 Å². The van der Waals surface area contributed by atoms with Crippen molar-refractivity contribution >= 4 is 49.6 Å². The molecule has 0 radical (unpaired) electrons. The Labute approximate surface area is 155 Å². The van der Waals surface area contributed by atoms with Crippen LogP contribution in [-0.4, -0.2) is 61.1 Å². The number of benzene rings is 1. The number of halogens is 1. The van der Waals surface area contributed by atoms with Crippen LogP contribution in [0.1, 0.15) is 10.5 Å². The topological polar surface area (TPSA) is 105 Å². The van der Waals surface area contributed by atoms with Crippen molar-refractivity contribution in [3.63, 3.8) is 0 Å². The molecule has 2 aromatic rings. The molecule has 0 saturated carbocycles. The maximum absolute atomic E-state index is 13.1. The summed E-state index contributed by atoms with van der Waals surface area (Å²) in [6.45, 7) is -0.717. The van der Waals surface area contributed by atoms with Crippen molar-refractivity contribution in [3.8, 4) is 16.9 Å². The van der Waals surface area contributed by atoms with E-state index in [9.17, 15) is 24.2 Å². The van der Waals surface area contributed by atoms with Gasteiger partial charge in [0.25, 0.3) is 5.91 Å². The van der Waals surface area contributed by atoms with E-state index in [4.69, 9.17) is 0 Å². The number of amides is 1. The summed E-state index contributed by atoms with van der Waals surface area (Å²) >= 11 is 0. The standard InChI is InChI=1S/C14H11FN2O4.Ca/c15-10-3-1-2-8(4-10)9-5-11(18)13(16-6-9)14(21)17-7-12(19)20;/h1-6,18H,7H2,(H,17,21)(H,19,20);/q;+2/p-2. The number of nitrogens with zero attached hydrogens (tertiary/aromatic N) is 1. The third-order valence-electron chi connectivity index (χ3n) is 2.62. The van der Waals surface area contributed by atoms with Crippen LogP contribution < -0.4 is 15.5 Å². The van der Waals surface area contributed by atoms with Gasteiger partial charge in [0.05, 0.1) is 12.5 Å². The third kappa shape index (κ3) is 4.66. The second-order valence-electron chi connectivity index (χ2n) is 4.14. The van der Waals surface area contributed by atoms with Gasteiger partial charge in [0.1, 0.15) is 11.5 Å². The smallest absolute Gasteiger partial charge is 0.871 e. The fourth-order valence-corrected chi connectivity index (χ4v) is 1.68. The summed E-state index contributed by atoms with van der Waals surface area (Å²) in [6.07, 6.45) is 1.24. The molecular formula is C14H9CaFN2O4. The largest absolute Gasteiger partial charge is 2.00 e. The second-order valence-corrected chi connectivity index (χ2v) is 4.14. The summed E-state index contributed by atoms with van der Waals surface area (Å²) < 4.78 is 13.1. The number of carboxylic acid groups (broad SMARTS) is 1. The number of hydrogen-bond donors (Lipinski definition) is 1. The summed E-state index contributed by atoms with van der Waals surface area (Å²) in [6, 6.07) is 6.70. The van der Waals surface area contributed by atoms with Gasteiger partial charge in [-0.15, -0.1) is 0 Å². The van der Waals surface area contributed by atoms with Crippen LogP contribution >= 0.6 is 0 Å². The van der Waals surface area contributed by atoms with Gasteiger partial charge >= 0.3 is 37.7 Å². The van der Waals surface area contributed by atoms with Gasteiger partial charge in [0.2, 0.25) is 0 Å². The van der Waals surface area contributed by atoms with Crippen LogP contribution in [0.15, 0.2) is 36.5 Å². The van der Waals surface area contributed by atoms with Crippen molar-refractivity contribution in [2.24, 2.45) is 0 Å². The monoisotopic (exact) mass is 328 g/mol. The number of pyridine rings is 1. The van der Waals surface area contributed by atoms with E-state index < -0.39 is 35.7 Å². The van der Waals surface area contributed by atoms with Crippen molar-refractivity contribution < 1.29 is 24.2 Å². The number of aliphatic carboxylic acids is 1. The van der Waals surface area contributed by atoms with E-state index >= 15 is 0 Å². The quantitative estimate of drug-likeness (QED) is 0.729. The molecule has 8 heteroatoms. The van der Waals surface area contributed by atoms with Crippen molar-refractivity contribution in [1.29, 1.82) is 0 Å². The predicted molar refractivity (Wildman–Crippen MR) is 72.2 cm³/mol. The van der Waals surface area contributed by atoms with Crippen LogP contribution in [0.5, 0.6) is 5.75 Å². The van der Waals surface area contributed by atoms with Crippen LogP contribution in [0.4, 0.5) is 4.39 Å². The molecule has 1 aromatic heterocycles. The molecule has 2 rings (SSSR count). The van der Waals surface area contributed by atoms with Gasteiger partial charge in [0, 0.05) is 6.20 Å². The molecule has 0 spiro atoms. The molecule has 1 aromatic carbocycles. The minimum Gasteiger partial charge on any atom is -0.871 e. The molecule has 22 heavy (non-hydrogen) atoms. The zero-order chi connectivity index (χ0) is 15.4. The second kappa shape index (κ2) is 8.07. The Morgan fingerprint density at radius 3 is 2.55 bits per heavy atom. The number of hydrogen-bond acceptors (Lipinski definition) is 5. The summed E-state index contributed by atoms with van der Waals surface area (Å²) in [4.78, 5) is 25.5. The van der Waals surface area contributed by atoms with E-state index in [1.807, 2.05) is 5.32 Å². The van der Waals surface area contributed by atoms with Crippen molar-refractivity contribution in [1.82, 2.24) is 10.3 Å². The average Bonchev–Trinajstić information content (AvgIpc) is 2.44. The maximum atomic E-state index is 13.1. The molecule has 1 N–H and O–H groups in total. The van der Waals surface area contributed by atoms with Gasteiger partial charge in [-0.05, 0) is 23.3 Å². The summed E-state index contributed by atoms with van der Waals surface area (Å²) in [7, 11) is 0. The molecule has 0 unspecified atom stereocenters. The molecule has 6 nitrogen and oxygen atoms in total. The van der Waals surface area contributed by atoms with Gasteiger partial charge in [-0.1, -0.05) is 23.9 Å². The average molecular weight is 328 g/mol. The van der Waals surface area contributed by atoms with Gasteiger partial charge in [-0.25, -0.2) is 4.39 Å². The molecule has 1 heterocycles. The van der Waals surface area contributed by atoms with E-state index in [1.165, 1.54) is 24.4 Å². The molecule has 0 aliphatic heterocycles. The van der Waals surface area contributed by atoms with Crippen LogP contribution in [0, 0.1) is 5.82 Å². The van der Waals surface area contributed by atoms with Gasteiger partial charge in [-0.3, -0.25) is 9.78 Å². The molecule has 0 aliphatic carbocycles. The molecule has 0 fully saturated rings. The first-order chi connectivity index (χ1) is 9.97. The fraction of sp³-hybridized carbons (Fsp3) is 0.0714. The van der Waals surface area contributed by atoms with E-state index in [-0.39, 0.29) is 37.7 Å². The molecular weight excluding hydrogens is 319 g/mol. The van der Waals surface area contributed by atoms with E-state index in [0.717, 1.165) is 6.07 Å². The summed E-state index contributed by atoms with van der Waals surface area (Å²) in [5.41, 5.74) is 0.369. The zero-order valence-electron chi connectivity index (χ0n) is 11.3. The molecule has 0 atom stereocenters. The minimum atomic E-state index is -1.48. The minimum absolute atomic E-state index is 0. The summed E-state index contributed by atoms with van der Waals surface area (Å²) in [5, 5.41) is 24.0. The number of carboxylic acids is 1. The third-order valence-corrected chi connectivity index (χ3v) is 2.62. The Balaban J connectivity index is 0.00000242. The number of aromatic nitrogens is 1. The Hall–Kier alpha value is -1.70. The molecule has 108 valence electrons. The van der Waals surface area contributed by atoms with Crippen LogP contribution in [0.2, 0.25) is 0 Å². The Bertz CT molecular complexity index is 709. The Kier molecular flexibility index (Phi) is 6.73. The van der Waals surface area contributed by atoms with Gasteiger partial charge in [-0.2, -0.15) is 0 Å². The summed E-state index contributed by atoms with van der Waals surface area (Å²) in [5.74, 6) is -3.54. The number of nitrogens with one attached hydrogen (secondary N) is 1. The SMILES string of the molecule is O=C([O-])CNC(=O)c1ncc(-c2cccc(F)c2)cc1[O-].[Ca+2]. The van der Waals surface area contributed by atoms with Gasteiger partial charge in [0.15, 0.2) is 0 Å². The molecule has 0 aliphatic rings. The van der Waals surface area contributed by atoms with E-state index in [1.54, 1.807) is 6.07 Å². The number of carbonyl (C=O) groups excluding carboxylic acids is 2. The van der Waals surface area contributed by atoms with E-state index in [0.29, 0.717) is 11.1 Å². The number of carbonyl (C=O) groups is 2. The first kappa shape index (κ1) is 18.3. The zero-order valence-corrected chi connectivity index (χ0v) is 13.5. The Morgan fingerprint density at radius 2 is 1.95 bits per heavy atom.